The van der Waals surface area contributed by atoms with Crippen LogP contribution in [0.3, 0.4) is 0 Å². The Hall–Kier alpha value is -0.620. The molecule has 1 fully saturated rings. The van der Waals surface area contributed by atoms with Crippen LogP contribution in [0, 0.1) is 9.49 Å². The number of aliphatic hydroxyl groups is 1. The number of hydrogen-bond acceptors (Lipinski definition) is 2. The van der Waals surface area contributed by atoms with Crippen LogP contribution in [0.1, 0.15) is 45.1 Å². The van der Waals surface area contributed by atoms with Crippen molar-refractivity contribution in [3.05, 3.63) is 33.4 Å². The van der Waals surface area contributed by atoms with Gasteiger partial charge in [-0.15, -0.1) is 0 Å². The Bertz CT molecular complexity index is 498. The third-order valence-electron chi connectivity index (χ3n) is 4.75. The summed E-state index contributed by atoms with van der Waals surface area (Å²) in [5, 5.41) is 13.1. The van der Waals surface area contributed by atoms with Crippen molar-refractivity contribution in [3.8, 4) is 0 Å². The van der Waals surface area contributed by atoms with Gasteiger partial charge in [-0.1, -0.05) is 0 Å². The van der Waals surface area contributed by atoms with Crippen LogP contribution in [0.15, 0.2) is 24.3 Å². The van der Waals surface area contributed by atoms with Crippen LogP contribution in [-0.2, 0) is 10.2 Å². The number of aliphatic hydroxyl groups excluding tert-OH is 1. The van der Waals surface area contributed by atoms with Gasteiger partial charge in [-0.25, -0.2) is 0 Å². The summed E-state index contributed by atoms with van der Waals surface area (Å²) in [5.74, 6) is 0.255. The van der Waals surface area contributed by atoms with Crippen molar-refractivity contribution in [2.75, 3.05) is 11.5 Å². The number of benzene rings is 1. The Morgan fingerprint density at radius 1 is 1.27 bits per heavy atom. The van der Waals surface area contributed by atoms with E-state index in [1.807, 2.05) is 13.8 Å². The van der Waals surface area contributed by atoms with Crippen LogP contribution >= 0.6 is 0 Å². The van der Waals surface area contributed by atoms with E-state index in [0.29, 0.717) is 6.54 Å². The molecule has 0 saturated heterocycles. The summed E-state index contributed by atoms with van der Waals surface area (Å²) in [4.78, 5) is 14.8. The quantitative estimate of drug-likeness (QED) is 0.504. The summed E-state index contributed by atoms with van der Waals surface area (Å²) in [6.45, 7) is 4.52. The van der Waals surface area contributed by atoms with Crippen LogP contribution < -0.4 is 26.5 Å². The standard InChI is InChI=1S/C18H27INO2/c1-18(2,14-8-10-15(19-3)11-9-14)17(22)20-12-13-6-4-5-7-16(13)21/h8-11,13,16,21H,4-7,12H2,1-3H3,(H,20,22)/q-1/t13?,16-/m1/s1. The first-order chi connectivity index (χ1) is 10.4. The number of carbonyl (C=O) groups excluding carboxylic acids is 1. The molecule has 3 nitrogen and oxygen atoms in total. The van der Waals surface area contributed by atoms with E-state index >= 15 is 0 Å². The van der Waals surface area contributed by atoms with Gasteiger partial charge in [-0.3, -0.25) is 0 Å². The van der Waals surface area contributed by atoms with Gasteiger partial charge in [0.25, 0.3) is 0 Å². The van der Waals surface area contributed by atoms with Gasteiger partial charge in [0.15, 0.2) is 0 Å². The van der Waals surface area contributed by atoms with Gasteiger partial charge in [0.05, 0.1) is 0 Å². The summed E-state index contributed by atoms with van der Waals surface area (Å²) in [7, 11) is 0. The predicted octanol–water partition coefficient (Wildman–Crippen LogP) is -0.480. The normalized spacial score (nSPS) is 22.5. The molecule has 124 valence electrons. The van der Waals surface area contributed by atoms with Gasteiger partial charge in [0, 0.05) is 0 Å². The first-order valence-electron chi connectivity index (χ1n) is 8.01. The molecule has 22 heavy (non-hydrogen) atoms. The minimum absolute atomic E-state index is 0.0456. The van der Waals surface area contributed by atoms with Crippen LogP contribution in [0.2, 0.25) is 0 Å². The Balaban J connectivity index is 1.97. The Kier molecular flexibility index (Phi) is 6.26. The molecular formula is C18H27INO2-. The number of nitrogens with one attached hydrogen (secondary N) is 1. The van der Waals surface area contributed by atoms with Crippen molar-refractivity contribution in [2.24, 2.45) is 5.92 Å². The van der Waals surface area contributed by atoms with Crippen LogP contribution in [0.4, 0.5) is 0 Å². The number of amides is 1. The molecule has 1 aromatic carbocycles. The van der Waals surface area contributed by atoms with Crippen molar-refractivity contribution in [2.45, 2.75) is 51.0 Å². The third-order valence-corrected chi connectivity index (χ3v) is 6.71. The molecule has 1 amide bonds. The fourth-order valence-corrected chi connectivity index (χ4v) is 4.07. The SMILES string of the molecule is C[I-]c1ccc(C(C)(C)C(=O)NCC2CCCC[C@H]2O)cc1. The second-order valence-corrected chi connectivity index (χ2v) is 8.97. The van der Waals surface area contributed by atoms with E-state index in [9.17, 15) is 9.90 Å². The third kappa shape index (κ3) is 4.22. The zero-order valence-electron chi connectivity index (χ0n) is 13.7. The summed E-state index contributed by atoms with van der Waals surface area (Å²) in [6.07, 6.45) is 3.87. The molecule has 0 heterocycles. The molecule has 1 unspecified atom stereocenters. The average molecular weight is 416 g/mol. The molecule has 1 aliphatic rings. The van der Waals surface area contributed by atoms with E-state index in [2.05, 4.69) is 34.5 Å². The van der Waals surface area contributed by atoms with Gasteiger partial charge < -0.3 is 0 Å². The molecule has 1 aromatic rings. The van der Waals surface area contributed by atoms with Crippen molar-refractivity contribution >= 4 is 5.91 Å². The molecule has 1 aliphatic carbocycles. The molecule has 1 saturated carbocycles. The van der Waals surface area contributed by atoms with E-state index in [-0.39, 0.29) is 39.1 Å². The van der Waals surface area contributed by atoms with E-state index in [4.69, 9.17) is 0 Å². The Morgan fingerprint density at radius 2 is 1.91 bits per heavy atom. The Labute approximate surface area is 144 Å². The van der Waals surface area contributed by atoms with Crippen molar-refractivity contribution in [1.29, 1.82) is 0 Å². The predicted molar refractivity (Wildman–Crippen MR) is 85.1 cm³/mol. The molecule has 0 bridgehead atoms. The summed E-state index contributed by atoms with van der Waals surface area (Å²) >= 11 is 0.0943. The topological polar surface area (TPSA) is 49.3 Å². The molecule has 0 spiro atoms. The van der Waals surface area contributed by atoms with Gasteiger partial charge in [0.2, 0.25) is 0 Å². The van der Waals surface area contributed by atoms with Crippen LogP contribution in [-0.4, -0.2) is 28.6 Å². The molecule has 0 radical (unpaired) electrons. The number of alkyl halides is 1. The molecule has 0 aliphatic heterocycles. The first-order valence-corrected chi connectivity index (χ1v) is 11.2. The maximum absolute atomic E-state index is 12.6. The van der Waals surface area contributed by atoms with E-state index < -0.39 is 5.41 Å². The second-order valence-electron chi connectivity index (χ2n) is 6.64. The van der Waals surface area contributed by atoms with Crippen molar-refractivity contribution in [1.82, 2.24) is 5.32 Å². The van der Waals surface area contributed by atoms with E-state index in [1.54, 1.807) is 0 Å². The van der Waals surface area contributed by atoms with E-state index in [0.717, 1.165) is 31.2 Å². The fourth-order valence-electron chi connectivity index (χ4n) is 2.99. The van der Waals surface area contributed by atoms with Gasteiger partial charge >= 0.3 is 144 Å². The first kappa shape index (κ1) is 17.7. The zero-order valence-corrected chi connectivity index (χ0v) is 15.9. The fraction of sp³-hybridized carbons (Fsp3) is 0.611. The monoisotopic (exact) mass is 416 g/mol. The van der Waals surface area contributed by atoms with E-state index in [1.165, 1.54) is 3.57 Å². The minimum atomic E-state index is -0.537. The molecule has 2 atom stereocenters. The summed E-state index contributed by atoms with van der Waals surface area (Å²) in [6, 6.07) is 8.44. The van der Waals surface area contributed by atoms with Crippen molar-refractivity contribution < 1.29 is 31.1 Å². The number of carbonyl (C=O) groups is 1. The average Bonchev–Trinajstić information content (AvgIpc) is 2.53. The number of halogens is 1. The molecule has 0 aromatic heterocycles. The zero-order chi connectivity index (χ0) is 16.2. The summed E-state index contributed by atoms with van der Waals surface area (Å²) in [5.41, 5.74) is 0.514. The van der Waals surface area contributed by atoms with Crippen LogP contribution in [0.5, 0.6) is 0 Å². The van der Waals surface area contributed by atoms with Gasteiger partial charge in [0.1, 0.15) is 0 Å². The number of rotatable bonds is 5. The molecule has 4 heteroatoms. The second kappa shape index (κ2) is 7.77. The summed E-state index contributed by atoms with van der Waals surface area (Å²) < 4.78 is 1.39. The molecule has 2 N–H and O–H groups in total. The van der Waals surface area contributed by atoms with Crippen LogP contribution in [0.25, 0.3) is 0 Å². The van der Waals surface area contributed by atoms with Gasteiger partial charge in [-0.05, 0) is 0 Å². The maximum atomic E-state index is 12.6. The van der Waals surface area contributed by atoms with Gasteiger partial charge in [-0.2, -0.15) is 0 Å². The molecule has 2 rings (SSSR count). The number of hydrogen-bond donors (Lipinski definition) is 2. The molecular weight excluding hydrogens is 389 g/mol. The Morgan fingerprint density at radius 3 is 2.50 bits per heavy atom. The van der Waals surface area contributed by atoms with Crippen molar-refractivity contribution in [3.63, 3.8) is 0 Å².